The number of nitrogens with one attached hydrogen (secondary N) is 1. The number of amides is 2. The van der Waals surface area contributed by atoms with E-state index in [1.807, 2.05) is 0 Å². The smallest absolute Gasteiger partial charge is 0.250 e. The number of hydrogen-bond donors (Lipinski definition) is 2. The molecule has 0 bridgehead atoms. The molecule has 2 amide bonds. The van der Waals surface area contributed by atoms with Crippen LogP contribution in [0.3, 0.4) is 0 Å². The van der Waals surface area contributed by atoms with E-state index in [0.717, 1.165) is 0 Å². The van der Waals surface area contributed by atoms with E-state index in [2.05, 4.69) is 18.5 Å². The molecular weight excluding hydrogens is 254 g/mol. The number of anilines is 1. The Morgan fingerprint density at radius 1 is 1.20 bits per heavy atom. The Hall–Kier alpha value is -2.56. The van der Waals surface area contributed by atoms with Crippen molar-refractivity contribution < 1.29 is 9.59 Å². The lowest BCUT2D eigenvalue weighted by Gasteiger charge is -2.20. The van der Waals surface area contributed by atoms with Gasteiger partial charge in [-0.3, -0.25) is 9.59 Å². The molecule has 5 heteroatoms. The van der Waals surface area contributed by atoms with Crippen LogP contribution < -0.4 is 11.1 Å². The number of nitrogens with two attached hydrogens (primary N) is 1. The number of nitrogens with zero attached hydrogens (tertiary/aromatic N) is 1. The van der Waals surface area contributed by atoms with E-state index < -0.39 is 5.91 Å². The third-order valence-electron chi connectivity index (χ3n) is 2.67. The molecule has 5 nitrogen and oxygen atoms in total. The summed E-state index contributed by atoms with van der Waals surface area (Å²) in [5.41, 5.74) is 6.18. The summed E-state index contributed by atoms with van der Waals surface area (Å²) in [5.74, 6) is -0.640. The highest BCUT2D eigenvalue weighted by atomic mass is 16.2. The summed E-state index contributed by atoms with van der Waals surface area (Å²) in [7, 11) is 0. The number of benzene rings is 1. The largest absolute Gasteiger partial charge is 0.376 e. The number of rotatable bonds is 8. The molecule has 3 N–H and O–H groups in total. The lowest BCUT2D eigenvalue weighted by Crippen LogP contribution is -2.36. The van der Waals surface area contributed by atoms with Gasteiger partial charge >= 0.3 is 0 Å². The molecule has 0 unspecified atom stereocenters. The van der Waals surface area contributed by atoms with Gasteiger partial charge in [-0.2, -0.15) is 0 Å². The van der Waals surface area contributed by atoms with Crippen molar-refractivity contribution in [2.45, 2.75) is 0 Å². The monoisotopic (exact) mass is 273 g/mol. The topological polar surface area (TPSA) is 75.4 Å². The molecular formula is C15H19N3O2. The lowest BCUT2D eigenvalue weighted by molar-refractivity contribution is -0.128. The van der Waals surface area contributed by atoms with Gasteiger partial charge in [-0.05, 0) is 12.1 Å². The van der Waals surface area contributed by atoms with Crippen molar-refractivity contribution in [2.75, 3.05) is 25.0 Å². The molecule has 0 radical (unpaired) electrons. The van der Waals surface area contributed by atoms with Gasteiger partial charge in [0.15, 0.2) is 0 Å². The minimum absolute atomic E-state index is 0.0754. The van der Waals surface area contributed by atoms with Gasteiger partial charge in [0, 0.05) is 18.8 Å². The second-order valence-corrected chi connectivity index (χ2v) is 4.14. The maximum Gasteiger partial charge on any atom is 0.250 e. The summed E-state index contributed by atoms with van der Waals surface area (Å²) < 4.78 is 0. The van der Waals surface area contributed by atoms with Crippen molar-refractivity contribution in [2.24, 2.45) is 5.73 Å². The highest BCUT2D eigenvalue weighted by molar-refractivity contribution is 5.99. The molecule has 0 heterocycles. The first-order valence-electron chi connectivity index (χ1n) is 6.22. The summed E-state index contributed by atoms with van der Waals surface area (Å²) in [6.07, 6.45) is 3.30. The van der Waals surface area contributed by atoms with Crippen LogP contribution in [0.5, 0.6) is 0 Å². The van der Waals surface area contributed by atoms with E-state index in [1.54, 1.807) is 41.3 Å². The van der Waals surface area contributed by atoms with Crippen LogP contribution in [0.4, 0.5) is 5.69 Å². The Bertz CT molecular complexity index is 502. The molecule has 1 rings (SSSR count). The molecule has 0 saturated heterocycles. The zero-order chi connectivity index (χ0) is 15.0. The van der Waals surface area contributed by atoms with E-state index in [-0.39, 0.29) is 12.5 Å². The third kappa shape index (κ3) is 4.28. The van der Waals surface area contributed by atoms with Gasteiger partial charge in [0.1, 0.15) is 0 Å². The molecule has 0 aliphatic carbocycles. The second-order valence-electron chi connectivity index (χ2n) is 4.14. The van der Waals surface area contributed by atoms with E-state index in [4.69, 9.17) is 5.73 Å². The van der Waals surface area contributed by atoms with E-state index in [9.17, 15) is 9.59 Å². The van der Waals surface area contributed by atoms with Crippen LogP contribution in [0.1, 0.15) is 10.4 Å². The zero-order valence-electron chi connectivity index (χ0n) is 11.3. The van der Waals surface area contributed by atoms with E-state index >= 15 is 0 Å². The maximum atomic E-state index is 12.0. The molecule has 0 spiro atoms. The molecule has 0 atom stereocenters. The van der Waals surface area contributed by atoms with Crippen LogP contribution in [0.2, 0.25) is 0 Å². The van der Waals surface area contributed by atoms with Crippen LogP contribution >= 0.6 is 0 Å². The average Bonchev–Trinajstić information content (AvgIpc) is 2.44. The SMILES string of the molecule is C=CCN(CC=C)C(=O)CNc1ccccc1C(N)=O. The standard InChI is InChI=1S/C15H19N3O2/c1-3-9-18(10-4-2)14(19)11-17-13-8-6-5-7-12(13)15(16)20/h3-8,17H,1-2,9-11H2,(H2,16,20). The van der Waals surface area contributed by atoms with Crippen molar-refractivity contribution in [1.82, 2.24) is 4.90 Å². The van der Waals surface area contributed by atoms with Crippen LogP contribution in [-0.2, 0) is 4.79 Å². The second kappa shape index (κ2) is 7.78. The molecule has 0 aliphatic rings. The van der Waals surface area contributed by atoms with E-state index in [1.165, 1.54) is 0 Å². The quantitative estimate of drug-likeness (QED) is 0.703. The van der Waals surface area contributed by atoms with Crippen molar-refractivity contribution in [3.8, 4) is 0 Å². The minimum atomic E-state index is -0.533. The molecule has 20 heavy (non-hydrogen) atoms. The van der Waals surface area contributed by atoms with Gasteiger partial charge in [0.25, 0.3) is 5.91 Å². The summed E-state index contributed by atoms with van der Waals surface area (Å²) in [5, 5.41) is 2.93. The molecule has 0 fully saturated rings. The van der Waals surface area contributed by atoms with Crippen LogP contribution in [0.25, 0.3) is 0 Å². The fourth-order valence-electron chi connectivity index (χ4n) is 1.72. The molecule has 1 aromatic carbocycles. The van der Waals surface area contributed by atoms with Crippen molar-refractivity contribution in [3.05, 3.63) is 55.1 Å². The molecule has 0 saturated carbocycles. The first-order chi connectivity index (χ1) is 9.60. The Morgan fingerprint density at radius 2 is 1.80 bits per heavy atom. The average molecular weight is 273 g/mol. The number of carbonyl (C=O) groups excluding carboxylic acids is 2. The number of para-hydroxylation sites is 1. The number of primary amides is 1. The molecule has 0 aromatic heterocycles. The zero-order valence-corrected chi connectivity index (χ0v) is 11.3. The van der Waals surface area contributed by atoms with Gasteiger partial charge in [0.2, 0.25) is 5.91 Å². The number of carbonyl (C=O) groups is 2. The van der Waals surface area contributed by atoms with Gasteiger partial charge < -0.3 is 16.0 Å². The van der Waals surface area contributed by atoms with Crippen LogP contribution in [0.15, 0.2) is 49.6 Å². The first-order valence-corrected chi connectivity index (χ1v) is 6.22. The summed E-state index contributed by atoms with van der Waals surface area (Å²) in [6.45, 7) is 8.19. The van der Waals surface area contributed by atoms with Crippen molar-refractivity contribution in [3.63, 3.8) is 0 Å². The number of hydrogen-bond acceptors (Lipinski definition) is 3. The Kier molecular flexibility index (Phi) is 6.03. The van der Waals surface area contributed by atoms with Gasteiger partial charge in [-0.1, -0.05) is 24.3 Å². The molecule has 1 aromatic rings. The van der Waals surface area contributed by atoms with Gasteiger partial charge in [-0.15, -0.1) is 13.2 Å². The fraction of sp³-hybridized carbons (Fsp3) is 0.200. The Balaban J connectivity index is 2.71. The maximum absolute atomic E-state index is 12.0. The van der Waals surface area contributed by atoms with Crippen LogP contribution in [-0.4, -0.2) is 36.3 Å². The normalized spacial score (nSPS) is 9.60. The highest BCUT2D eigenvalue weighted by Gasteiger charge is 2.12. The van der Waals surface area contributed by atoms with E-state index in [0.29, 0.717) is 24.3 Å². The van der Waals surface area contributed by atoms with Gasteiger partial charge in [0.05, 0.1) is 12.1 Å². The Labute approximate surface area is 118 Å². The first kappa shape index (κ1) is 15.5. The highest BCUT2D eigenvalue weighted by Crippen LogP contribution is 2.13. The van der Waals surface area contributed by atoms with Crippen molar-refractivity contribution >= 4 is 17.5 Å². The lowest BCUT2D eigenvalue weighted by atomic mass is 10.1. The summed E-state index contributed by atoms with van der Waals surface area (Å²) >= 11 is 0. The van der Waals surface area contributed by atoms with Gasteiger partial charge in [-0.25, -0.2) is 0 Å². The van der Waals surface area contributed by atoms with Crippen LogP contribution in [0, 0.1) is 0 Å². The predicted octanol–water partition coefficient (Wildman–Crippen LogP) is 1.40. The third-order valence-corrected chi connectivity index (χ3v) is 2.67. The predicted molar refractivity (Wildman–Crippen MR) is 80.4 cm³/mol. The fourth-order valence-corrected chi connectivity index (χ4v) is 1.72. The summed E-state index contributed by atoms with van der Waals surface area (Å²) in [6, 6.07) is 6.80. The molecule has 106 valence electrons. The summed E-state index contributed by atoms with van der Waals surface area (Å²) in [4.78, 5) is 24.9. The van der Waals surface area contributed by atoms with Crippen molar-refractivity contribution in [1.29, 1.82) is 0 Å². The minimum Gasteiger partial charge on any atom is -0.376 e. The molecule has 0 aliphatic heterocycles. The Morgan fingerprint density at radius 3 is 2.35 bits per heavy atom.